The number of hydrogen-bond donors (Lipinski definition) is 2. The van der Waals surface area contributed by atoms with Gasteiger partial charge in [-0.1, -0.05) is 0 Å². The molecule has 0 aliphatic carbocycles. The first-order valence-corrected chi connectivity index (χ1v) is 13.2. The van der Waals surface area contributed by atoms with Gasteiger partial charge in [0.15, 0.2) is 9.84 Å². The van der Waals surface area contributed by atoms with Gasteiger partial charge in [0.25, 0.3) is 5.91 Å². The molecule has 1 aromatic heterocycles. The van der Waals surface area contributed by atoms with Crippen LogP contribution >= 0.6 is 11.3 Å². The van der Waals surface area contributed by atoms with E-state index in [1.54, 1.807) is 5.38 Å². The molecule has 1 aliphatic heterocycles. The van der Waals surface area contributed by atoms with Crippen molar-refractivity contribution in [3.63, 3.8) is 0 Å². The zero-order chi connectivity index (χ0) is 22.1. The van der Waals surface area contributed by atoms with Crippen LogP contribution in [-0.2, 0) is 24.7 Å². The van der Waals surface area contributed by atoms with Crippen molar-refractivity contribution in [2.24, 2.45) is 11.7 Å². The van der Waals surface area contributed by atoms with E-state index < -0.39 is 31.7 Å². The molecule has 3 N–H and O–H groups in total. The lowest BCUT2D eigenvalue weighted by Gasteiger charge is -2.30. The van der Waals surface area contributed by atoms with Crippen LogP contribution in [0.25, 0.3) is 0 Å². The monoisotopic (exact) mass is 471 g/mol. The van der Waals surface area contributed by atoms with Crippen LogP contribution in [0.1, 0.15) is 23.2 Å². The Morgan fingerprint density at radius 3 is 2.13 bits per heavy atom. The minimum absolute atomic E-state index is 0.00230. The minimum Gasteiger partial charge on any atom is -0.366 e. The third-order valence-corrected chi connectivity index (χ3v) is 8.75. The van der Waals surface area contributed by atoms with Crippen molar-refractivity contribution in [1.29, 1.82) is 0 Å². The van der Waals surface area contributed by atoms with Crippen LogP contribution < -0.4 is 11.1 Å². The average Bonchev–Trinajstić information content (AvgIpc) is 3.16. The van der Waals surface area contributed by atoms with E-state index in [4.69, 9.17) is 5.73 Å². The van der Waals surface area contributed by atoms with Gasteiger partial charge in [0.2, 0.25) is 15.9 Å². The minimum atomic E-state index is -3.79. The Kier molecular flexibility index (Phi) is 6.32. The maximum Gasteiger partial charge on any atom is 0.251 e. The number of nitrogens with zero attached hydrogens (tertiary/aromatic N) is 1. The predicted octanol–water partition coefficient (Wildman–Crippen LogP) is 1.29. The number of benzene rings is 1. The zero-order valence-electron chi connectivity index (χ0n) is 16.1. The Hall–Kier alpha value is -2.28. The van der Waals surface area contributed by atoms with Crippen LogP contribution in [0.2, 0.25) is 0 Å². The lowest BCUT2D eigenvalue weighted by atomic mass is 9.97. The highest BCUT2D eigenvalue weighted by atomic mass is 32.2. The number of nitrogens with one attached hydrogen (secondary N) is 1. The van der Waals surface area contributed by atoms with Crippen LogP contribution in [0, 0.1) is 5.92 Å². The number of sulfone groups is 1. The maximum absolute atomic E-state index is 12.8. The molecule has 0 atom stereocenters. The summed E-state index contributed by atoms with van der Waals surface area (Å²) in [7, 11) is -7.21. The van der Waals surface area contributed by atoms with Gasteiger partial charge in [-0.15, -0.1) is 11.3 Å². The molecule has 2 heterocycles. The molecule has 1 aliphatic rings. The van der Waals surface area contributed by atoms with Gasteiger partial charge < -0.3 is 11.1 Å². The van der Waals surface area contributed by atoms with E-state index >= 15 is 0 Å². The number of thiophene rings is 1. The SMILES string of the molecule is CS(=O)(=O)c1ccc(S(=O)(=O)N2CCC(C(=O)Nc3sccc3C(N)=O)CC2)cc1. The molecule has 162 valence electrons. The van der Waals surface area contributed by atoms with Gasteiger partial charge in [-0.05, 0) is 48.6 Å². The second-order valence-corrected chi connectivity index (χ2v) is 11.8. The van der Waals surface area contributed by atoms with Gasteiger partial charge in [-0.2, -0.15) is 4.31 Å². The van der Waals surface area contributed by atoms with E-state index in [0.29, 0.717) is 17.8 Å². The fourth-order valence-corrected chi connectivity index (χ4v) is 6.08. The molecule has 0 saturated carbocycles. The van der Waals surface area contributed by atoms with E-state index in [-0.39, 0.29) is 34.4 Å². The van der Waals surface area contributed by atoms with Crippen LogP contribution in [0.15, 0.2) is 45.5 Å². The fraction of sp³-hybridized carbons (Fsp3) is 0.333. The van der Waals surface area contributed by atoms with Gasteiger partial charge in [-0.3, -0.25) is 9.59 Å². The summed E-state index contributed by atoms with van der Waals surface area (Å²) in [5, 5.41) is 4.74. The lowest BCUT2D eigenvalue weighted by molar-refractivity contribution is -0.120. The Morgan fingerprint density at radius 1 is 1.03 bits per heavy atom. The molecular weight excluding hydrogens is 450 g/mol. The highest BCUT2D eigenvalue weighted by molar-refractivity contribution is 7.90. The second-order valence-electron chi connectivity index (χ2n) is 6.94. The molecule has 0 bridgehead atoms. The first kappa shape index (κ1) is 22.4. The summed E-state index contributed by atoms with van der Waals surface area (Å²) < 4.78 is 50.0. The quantitative estimate of drug-likeness (QED) is 0.650. The van der Waals surface area contributed by atoms with Crippen molar-refractivity contribution in [2.45, 2.75) is 22.6 Å². The molecule has 3 rings (SSSR count). The number of rotatable bonds is 6. The topological polar surface area (TPSA) is 144 Å². The number of sulfonamides is 1. The van der Waals surface area contributed by atoms with Crippen molar-refractivity contribution in [1.82, 2.24) is 4.31 Å². The standard InChI is InChI=1S/C18H21N3O6S3/c1-29(24,25)13-2-4-14(5-3-13)30(26,27)21-9-6-12(7-10-21)17(23)20-18-15(16(19)22)8-11-28-18/h2-5,8,11-12H,6-7,9-10H2,1H3,(H2,19,22)(H,20,23). The number of carbonyl (C=O) groups excluding carboxylic acids is 2. The molecule has 2 amide bonds. The highest BCUT2D eigenvalue weighted by Gasteiger charge is 2.32. The van der Waals surface area contributed by atoms with E-state index in [9.17, 15) is 26.4 Å². The molecular formula is C18H21N3O6S3. The smallest absolute Gasteiger partial charge is 0.251 e. The van der Waals surface area contributed by atoms with Crippen LogP contribution in [0.5, 0.6) is 0 Å². The third-order valence-electron chi connectivity index (χ3n) is 4.88. The zero-order valence-corrected chi connectivity index (χ0v) is 18.5. The first-order chi connectivity index (χ1) is 14.0. The molecule has 1 saturated heterocycles. The molecule has 0 spiro atoms. The average molecular weight is 472 g/mol. The third kappa shape index (κ3) is 4.72. The Labute approximate surface area is 178 Å². The second kappa shape index (κ2) is 8.46. The van der Waals surface area contributed by atoms with Crippen molar-refractivity contribution in [3.8, 4) is 0 Å². The first-order valence-electron chi connectivity index (χ1n) is 8.98. The van der Waals surface area contributed by atoms with Crippen molar-refractivity contribution in [3.05, 3.63) is 41.3 Å². The number of carbonyl (C=O) groups is 2. The van der Waals surface area contributed by atoms with Gasteiger partial charge in [0.1, 0.15) is 5.00 Å². The number of hydrogen-bond acceptors (Lipinski definition) is 7. The molecule has 2 aromatic rings. The largest absolute Gasteiger partial charge is 0.366 e. The van der Waals surface area contributed by atoms with E-state index in [0.717, 1.165) is 6.26 Å². The number of primary amides is 1. The van der Waals surface area contributed by atoms with E-state index in [2.05, 4.69) is 5.32 Å². The van der Waals surface area contributed by atoms with Gasteiger partial charge in [-0.25, -0.2) is 16.8 Å². The molecule has 1 aromatic carbocycles. The number of piperidine rings is 1. The maximum atomic E-state index is 12.8. The van der Waals surface area contributed by atoms with Crippen LogP contribution in [0.4, 0.5) is 5.00 Å². The summed E-state index contributed by atoms with van der Waals surface area (Å²) in [5.41, 5.74) is 5.52. The van der Waals surface area contributed by atoms with E-state index in [1.807, 2.05) is 0 Å². The van der Waals surface area contributed by atoms with Gasteiger partial charge in [0, 0.05) is 25.3 Å². The fourth-order valence-electron chi connectivity index (χ4n) is 3.18. The summed E-state index contributed by atoms with van der Waals surface area (Å²) in [6.07, 6.45) is 1.70. The molecule has 9 nitrogen and oxygen atoms in total. The predicted molar refractivity (Wildman–Crippen MR) is 113 cm³/mol. The summed E-state index contributed by atoms with van der Waals surface area (Å²) in [4.78, 5) is 23.9. The number of amides is 2. The van der Waals surface area contributed by atoms with Crippen molar-refractivity contribution < 1.29 is 26.4 Å². The summed E-state index contributed by atoms with van der Waals surface area (Å²) in [5.74, 6) is -1.31. The summed E-state index contributed by atoms with van der Waals surface area (Å²) >= 11 is 1.19. The van der Waals surface area contributed by atoms with Crippen LogP contribution in [-0.4, -0.2) is 52.3 Å². The summed E-state index contributed by atoms with van der Waals surface area (Å²) in [6, 6.07) is 6.60. The molecule has 12 heteroatoms. The Bertz CT molecular complexity index is 1160. The van der Waals surface area contributed by atoms with Crippen LogP contribution in [0.3, 0.4) is 0 Å². The molecule has 1 fully saturated rings. The normalized spacial score (nSPS) is 16.3. The highest BCUT2D eigenvalue weighted by Crippen LogP contribution is 2.28. The Balaban J connectivity index is 1.65. The molecule has 30 heavy (non-hydrogen) atoms. The molecule has 0 unspecified atom stereocenters. The van der Waals surface area contributed by atoms with Gasteiger partial charge in [0.05, 0.1) is 15.4 Å². The van der Waals surface area contributed by atoms with Crippen molar-refractivity contribution in [2.75, 3.05) is 24.7 Å². The van der Waals surface area contributed by atoms with E-state index in [1.165, 1.54) is 46.0 Å². The number of anilines is 1. The summed E-state index contributed by atoms with van der Waals surface area (Å²) in [6.45, 7) is 0.308. The number of nitrogens with two attached hydrogens (primary N) is 1. The molecule has 0 radical (unpaired) electrons. The Morgan fingerprint density at radius 2 is 1.60 bits per heavy atom. The van der Waals surface area contributed by atoms with Crippen molar-refractivity contribution >= 4 is 48.0 Å². The lowest BCUT2D eigenvalue weighted by Crippen LogP contribution is -2.41. The van der Waals surface area contributed by atoms with Gasteiger partial charge >= 0.3 is 0 Å².